The highest BCUT2D eigenvalue weighted by Crippen LogP contribution is 2.30. The second-order valence-electron chi connectivity index (χ2n) is 4.97. The topological polar surface area (TPSA) is 55.9 Å². The van der Waals surface area contributed by atoms with E-state index in [-0.39, 0.29) is 6.04 Å². The van der Waals surface area contributed by atoms with Gasteiger partial charge in [-0.15, -0.1) is 0 Å². The summed E-state index contributed by atoms with van der Waals surface area (Å²) in [6.07, 6.45) is -2.17. The van der Waals surface area contributed by atoms with Crippen LogP contribution < -0.4 is 11.3 Å². The van der Waals surface area contributed by atoms with Crippen molar-refractivity contribution in [2.45, 2.75) is 25.6 Å². The smallest absolute Gasteiger partial charge is 0.275 e. The van der Waals surface area contributed by atoms with Crippen molar-refractivity contribution in [1.29, 1.82) is 0 Å². The van der Waals surface area contributed by atoms with E-state index in [1.165, 1.54) is 6.07 Å². The molecule has 0 saturated carbocycles. The molecule has 1 aromatic heterocycles. The summed E-state index contributed by atoms with van der Waals surface area (Å²) in [5, 5.41) is 4.22. The van der Waals surface area contributed by atoms with E-state index in [0.717, 1.165) is 23.4 Å². The third-order valence-corrected chi connectivity index (χ3v) is 3.32. The lowest BCUT2D eigenvalue weighted by Crippen LogP contribution is -2.29. The molecule has 1 atom stereocenters. The van der Waals surface area contributed by atoms with E-state index in [4.69, 9.17) is 5.84 Å². The minimum atomic E-state index is -4.34. The molecule has 1 unspecified atom stereocenters. The van der Waals surface area contributed by atoms with Crippen LogP contribution in [0, 0.1) is 6.92 Å². The number of hydrazine groups is 1. The van der Waals surface area contributed by atoms with Crippen molar-refractivity contribution in [3.8, 4) is 0 Å². The molecule has 0 bridgehead atoms. The fourth-order valence-corrected chi connectivity index (χ4v) is 2.33. The maximum absolute atomic E-state index is 12.7. The summed E-state index contributed by atoms with van der Waals surface area (Å²) in [4.78, 5) is 0. The zero-order valence-electron chi connectivity index (χ0n) is 11.8. The first kappa shape index (κ1) is 15.5. The van der Waals surface area contributed by atoms with Crippen LogP contribution in [0.1, 0.15) is 28.4 Å². The predicted octanol–water partition coefficient (Wildman–Crippen LogP) is 2.49. The number of hydrogen-bond donors (Lipinski definition) is 2. The molecule has 4 nitrogen and oxygen atoms in total. The molecule has 0 aliphatic rings. The van der Waals surface area contributed by atoms with Gasteiger partial charge in [0, 0.05) is 18.8 Å². The Kier molecular flexibility index (Phi) is 4.34. The average molecular weight is 298 g/mol. The van der Waals surface area contributed by atoms with Crippen molar-refractivity contribution in [1.82, 2.24) is 15.2 Å². The standard InChI is InChI=1S/C14H17F3N4/c1-9-12(8-21(2)20-9)13(19-18)7-10-4-3-5-11(6-10)14(15,16)17/h3-6,8,13,19H,7,18H2,1-2H3. The quantitative estimate of drug-likeness (QED) is 0.673. The minimum absolute atomic E-state index is 0.290. The van der Waals surface area contributed by atoms with Crippen LogP contribution in [0.4, 0.5) is 13.2 Å². The first-order valence-electron chi connectivity index (χ1n) is 6.43. The molecule has 2 rings (SSSR count). The zero-order chi connectivity index (χ0) is 15.6. The van der Waals surface area contributed by atoms with E-state index in [9.17, 15) is 13.2 Å². The number of aromatic nitrogens is 2. The van der Waals surface area contributed by atoms with E-state index in [1.807, 2.05) is 13.1 Å². The fourth-order valence-electron chi connectivity index (χ4n) is 2.33. The number of nitrogens with two attached hydrogens (primary N) is 1. The Morgan fingerprint density at radius 3 is 2.62 bits per heavy atom. The summed E-state index contributed by atoms with van der Waals surface area (Å²) in [5.41, 5.74) is 4.23. The largest absolute Gasteiger partial charge is 0.416 e. The molecule has 0 aliphatic carbocycles. The van der Waals surface area contributed by atoms with Crippen LogP contribution in [-0.4, -0.2) is 9.78 Å². The minimum Gasteiger partial charge on any atom is -0.275 e. The fraction of sp³-hybridized carbons (Fsp3) is 0.357. The molecule has 21 heavy (non-hydrogen) atoms. The van der Waals surface area contributed by atoms with Crippen LogP contribution in [0.25, 0.3) is 0 Å². The van der Waals surface area contributed by atoms with Gasteiger partial charge in [0.25, 0.3) is 0 Å². The lowest BCUT2D eigenvalue weighted by molar-refractivity contribution is -0.137. The number of halogens is 3. The third-order valence-electron chi connectivity index (χ3n) is 3.32. The molecule has 0 amide bonds. The maximum Gasteiger partial charge on any atom is 0.416 e. The van der Waals surface area contributed by atoms with Gasteiger partial charge in [-0.05, 0) is 25.0 Å². The van der Waals surface area contributed by atoms with Gasteiger partial charge in [0.15, 0.2) is 0 Å². The Morgan fingerprint density at radius 1 is 1.38 bits per heavy atom. The molecule has 1 heterocycles. The normalized spacial score (nSPS) is 13.4. The van der Waals surface area contributed by atoms with Crippen LogP contribution in [-0.2, 0) is 19.6 Å². The Bertz CT molecular complexity index is 619. The first-order valence-corrected chi connectivity index (χ1v) is 6.43. The van der Waals surface area contributed by atoms with Crippen molar-refractivity contribution in [3.05, 3.63) is 52.8 Å². The molecule has 1 aromatic carbocycles. The molecular formula is C14H17F3N4. The van der Waals surface area contributed by atoms with E-state index in [2.05, 4.69) is 10.5 Å². The Balaban J connectivity index is 2.25. The van der Waals surface area contributed by atoms with E-state index in [1.54, 1.807) is 17.8 Å². The number of nitrogens with one attached hydrogen (secondary N) is 1. The lowest BCUT2D eigenvalue weighted by Gasteiger charge is -2.16. The van der Waals surface area contributed by atoms with Crippen LogP contribution in [0.15, 0.2) is 30.5 Å². The summed E-state index contributed by atoms with van der Waals surface area (Å²) in [6.45, 7) is 1.84. The van der Waals surface area contributed by atoms with E-state index >= 15 is 0 Å². The summed E-state index contributed by atoms with van der Waals surface area (Å²) in [5.74, 6) is 5.55. The number of alkyl halides is 3. The van der Waals surface area contributed by atoms with Gasteiger partial charge in [-0.25, -0.2) is 0 Å². The second kappa shape index (κ2) is 5.87. The molecule has 3 N–H and O–H groups in total. The van der Waals surface area contributed by atoms with Crippen LogP contribution in [0.3, 0.4) is 0 Å². The molecule has 7 heteroatoms. The van der Waals surface area contributed by atoms with Gasteiger partial charge in [-0.1, -0.05) is 18.2 Å². The van der Waals surface area contributed by atoms with Crippen molar-refractivity contribution in [2.75, 3.05) is 0 Å². The molecule has 2 aromatic rings. The van der Waals surface area contributed by atoms with Gasteiger partial charge in [-0.2, -0.15) is 18.3 Å². The van der Waals surface area contributed by atoms with Crippen molar-refractivity contribution in [3.63, 3.8) is 0 Å². The molecule has 0 radical (unpaired) electrons. The van der Waals surface area contributed by atoms with Gasteiger partial charge >= 0.3 is 6.18 Å². The predicted molar refractivity (Wildman–Crippen MR) is 73.2 cm³/mol. The van der Waals surface area contributed by atoms with Crippen molar-refractivity contribution < 1.29 is 13.2 Å². The summed E-state index contributed by atoms with van der Waals surface area (Å²) in [7, 11) is 1.79. The van der Waals surface area contributed by atoms with Crippen molar-refractivity contribution in [2.24, 2.45) is 12.9 Å². The highest BCUT2D eigenvalue weighted by Gasteiger charge is 2.30. The number of benzene rings is 1. The highest BCUT2D eigenvalue weighted by atomic mass is 19.4. The molecule has 0 spiro atoms. The third kappa shape index (κ3) is 3.62. The van der Waals surface area contributed by atoms with Crippen LogP contribution in [0.5, 0.6) is 0 Å². The van der Waals surface area contributed by atoms with Crippen LogP contribution >= 0.6 is 0 Å². The highest BCUT2D eigenvalue weighted by molar-refractivity contribution is 5.29. The van der Waals surface area contributed by atoms with Gasteiger partial charge in [0.1, 0.15) is 0 Å². The molecular weight excluding hydrogens is 281 g/mol. The van der Waals surface area contributed by atoms with E-state index in [0.29, 0.717) is 12.0 Å². The van der Waals surface area contributed by atoms with Gasteiger partial charge in [0.2, 0.25) is 0 Å². The van der Waals surface area contributed by atoms with Gasteiger partial charge in [-0.3, -0.25) is 16.0 Å². The van der Waals surface area contributed by atoms with Gasteiger partial charge in [0.05, 0.1) is 17.3 Å². The second-order valence-corrected chi connectivity index (χ2v) is 4.97. The molecule has 0 aliphatic heterocycles. The molecule has 114 valence electrons. The number of hydrogen-bond acceptors (Lipinski definition) is 3. The Labute approximate surface area is 120 Å². The summed E-state index contributed by atoms with van der Waals surface area (Å²) >= 11 is 0. The Morgan fingerprint density at radius 2 is 2.10 bits per heavy atom. The monoisotopic (exact) mass is 298 g/mol. The van der Waals surface area contributed by atoms with Crippen LogP contribution in [0.2, 0.25) is 0 Å². The van der Waals surface area contributed by atoms with Crippen molar-refractivity contribution >= 4 is 0 Å². The first-order chi connectivity index (χ1) is 9.81. The number of nitrogens with zero attached hydrogens (tertiary/aromatic N) is 2. The summed E-state index contributed by atoms with van der Waals surface area (Å²) in [6, 6.07) is 4.98. The number of rotatable bonds is 4. The zero-order valence-corrected chi connectivity index (χ0v) is 11.8. The van der Waals surface area contributed by atoms with Gasteiger partial charge < -0.3 is 0 Å². The average Bonchev–Trinajstić information content (AvgIpc) is 2.74. The Hall–Kier alpha value is -1.86. The SMILES string of the molecule is Cc1nn(C)cc1C(Cc1cccc(C(F)(F)F)c1)NN. The molecule has 0 saturated heterocycles. The number of aryl methyl sites for hydroxylation is 2. The lowest BCUT2D eigenvalue weighted by atomic mass is 9.98. The van der Waals surface area contributed by atoms with E-state index < -0.39 is 11.7 Å². The molecule has 0 fully saturated rings. The maximum atomic E-state index is 12.7. The summed E-state index contributed by atoms with van der Waals surface area (Å²) < 4.78 is 39.8.